The van der Waals surface area contributed by atoms with Gasteiger partial charge in [0.25, 0.3) is 0 Å². The van der Waals surface area contributed by atoms with E-state index in [1.54, 1.807) is 11.3 Å². The number of carboxylic acids is 1. The highest BCUT2D eigenvalue weighted by molar-refractivity contribution is 7.99. The van der Waals surface area contributed by atoms with E-state index >= 15 is 0 Å². The van der Waals surface area contributed by atoms with Crippen LogP contribution in [0.4, 0.5) is 17.1 Å². The van der Waals surface area contributed by atoms with Gasteiger partial charge in [-0.2, -0.15) is 11.8 Å². The number of nitrogens with one attached hydrogen (secondary N) is 2. The van der Waals surface area contributed by atoms with Crippen LogP contribution in [-0.2, 0) is 27.3 Å². The molecule has 0 bridgehead atoms. The van der Waals surface area contributed by atoms with Crippen molar-refractivity contribution in [2.24, 2.45) is 0 Å². The molecular weight excluding hydrogens is 470 g/mol. The van der Waals surface area contributed by atoms with Crippen molar-refractivity contribution in [3.8, 4) is 0 Å². The molecular formula is C25H25N3O4S2. The zero-order chi connectivity index (χ0) is 23.9. The molecule has 1 aliphatic rings. The number of rotatable bonds is 10. The number of anilines is 3. The van der Waals surface area contributed by atoms with Crippen LogP contribution in [0.2, 0.25) is 0 Å². The molecule has 9 heteroatoms. The number of fused-ring (bicyclic) bond motifs is 1. The molecule has 0 radical (unpaired) electrons. The van der Waals surface area contributed by atoms with Crippen molar-refractivity contribution in [2.75, 3.05) is 27.0 Å². The van der Waals surface area contributed by atoms with Crippen LogP contribution in [0.25, 0.3) is 0 Å². The fraction of sp³-hybridized carbons (Fsp3) is 0.240. The summed E-state index contributed by atoms with van der Waals surface area (Å²) < 4.78 is 0. The smallest absolute Gasteiger partial charge is 0.304 e. The molecule has 3 aromatic rings. The maximum Gasteiger partial charge on any atom is 0.304 e. The van der Waals surface area contributed by atoms with Gasteiger partial charge in [0.1, 0.15) is 6.04 Å². The summed E-state index contributed by atoms with van der Waals surface area (Å²) >= 11 is 2.94. The molecule has 0 saturated heterocycles. The second kappa shape index (κ2) is 11.2. The van der Waals surface area contributed by atoms with E-state index < -0.39 is 5.97 Å². The summed E-state index contributed by atoms with van der Waals surface area (Å²) in [5.74, 6) is -0.440. The summed E-state index contributed by atoms with van der Waals surface area (Å²) in [7, 11) is 0. The van der Waals surface area contributed by atoms with Crippen LogP contribution >= 0.6 is 23.1 Å². The number of aliphatic carboxylic acids is 1. The second-order valence-corrected chi connectivity index (χ2v) is 10.0. The highest BCUT2D eigenvalue weighted by Crippen LogP contribution is 2.34. The predicted molar refractivity (Wildman–Crippen MR) is 138 cm³/mol. The van der Waals surface area contributed by atoms with E-state index in [0.717, 1.165) is 21.8 Å². The van der Waals surface area contributed by atoms with E-state index in [9.17, 15) is 14.4 Å². The van der Waals surface area contributed by atoms with E-state index in [-0.39, 0.29) is 30.0 Å². The summed E-state index contributed by atoms with van der Waals surface area (Å²) in [6.45, 7) is 0.555. The van der Waals surface area contributed by atoms with Crippen LogP contribution in [0, 0.1) is 0 Å². The first-order chi connectivity index (χ1) is 16.5. The van der Waals surface area contributed by atoms with E-state index in [2.05, 4.69) is 15.5 Å². The minimum atomic E-state index is -0.866. The van der Waals surface area contributed by atoms with E-state index in [1.807, 2.05) is 66.0 Å². The number of carbonyl (C=O) groups is 3. The number of hydrogen-bond donors (Lipinski definition) is 3. The lowest BCUT2D eigenvalue weighted by molar-refractivity contribution is -0.136. The van der Waals surface area contributed by atoms with E-state index in [1.165, 1.54) is 11.8 Å². The molecule has 3 N–H and O–H groups in total. The number of para-hydroxylation sites is 2. The molecule has 4 rings (SSSR count). The van der Waals surface area contributed by atoms with Crippen LogP contribution in [0.5, 0.6) is 0 Å². The number of carbonyl (C=O) groups excluding carboxylic acids is 2. The fourth-order valence-corrected chi connectivity index (χ4v) is 5.25. The Morgan fingerprint density at radius 1 is 1.09 bits per heavy atom. The molecule has 0 fully saturated rings. The summed E-state index contributed by atoms with van der Waals surface area (Å²) in [5, 5.41) is 16.6. The number of hydrogen-bond acceptors (Lipinski definition) is 6. The third-order valence-corrected chi connectivity index (χ3v) is 7.27. The largest absolute Gasteiger partial charge is 0.481 e. The van der Waals surface area contributed by atoms with Crippen molar-refractivity contribution in [1.29, 1.82) is 0 Å². The van der Waals surface area contributed by atoms with Gasteiger partial charge in [-0.15, -0.1) is 11.3 Å². The number of thioether (sulfide) groups is 1. The van der Waals surface area contributed by atoms with Gasteiger partial charge in [-0.25, -0.2) is 0 Å². The summed E-state index contributed by atoms with van der Waals surface area (Å²) in [6, 6.07) is 19.1. The highest BCUT2D eigenvalue weighted by atomic mass is 32.2. The molecule has 1 atom stereocenters. The molecule has 2 aromatic carbocycles. The third kappa shape index (κ3) is 6.18. The van der Waals surface area contributed by atoms with Crippen molar-refractivity contribution in [3.63, 3.8) is 0 Å². The molecule has 34 heavy (non-hydrogen) atoms. The van der Waals surface area contributed by atoms with Crippen LogP contribution in [0.15, 0.2) is 66.0 Å². The van der Waals surface area contributed by atoms with Crippen molar-refractivity contribution < 1.29 is 19.5 Å². The van der Waals surface area contributed by atoms with Crippen molar-refractivity contribution in [3.05, 3.63) is 76.5 Å². The van der Waals surface area contributed by atoms with Gasteiger partial charge in [0, 0.05) is 29.3 Å². The standard InChI is InChI=1S/C25H25N3O4S2/c29-23(16-33-13-11-24(30)31)26-18-9-7-17(8-10-18)15-28-21-6-2-1-5-20(21)27-25(32)22(28)14-19-4-3-12-34-19/h1-10,12,22H,11,13-16H2,(H,26,29)(H,27,32)(H,30,31)/t22-/m1/s1. The van der Waals surface area contributed by atoms with Gasteiger partial charge < -0.3 is 20.6 Å². The van der Waals surface area contributed by atoms with Gasteiger partial charge in [0.15, 0.2) is 0 Å². The Hall–Kier alpha value is -3.30. The zero-order valence-corrected chi connectivity index (χ0v) is 20.0. The fourth-order valence-electron chi connectivity index (χ4n) is 3.78. The Labute approximate surface area is 206 Å². The Kier molecular flexibility index (Phi) is 7.87. The van der Waals surface area contributed by atoms with Gasteiger partial charge in [0.05, 0.1) is 23.5 Å². The number of thiophene rings is 1. The van der Waals surface area contributed by atoms with Gasteiger partial charge >= 0.3 is 5.97 Å². The molecule has 2 heterocycles. The lowest BCUT2D eigenvalue weighted by atomic mass is 10.0. The normalized spacial score (nSPS) is 14.9. The number of carboxylic acid groups (broad SMARTS) is 1. The lowest BCUT2D eigenvalue weighted by Gasteiger charge is -2.38. The second-order valence-electron chi connectivity index (χ2n) is 7.88. The first kappa shape index (κ1) is 23.8. The number of amides is 2. The molecule has 0 unspecified atom stereocenters. The van der Waals surface area contributed by atoms with Gasteiger partial charge in [-0.3, -0.25) is 14.4 Å². The van der Waals surface area contributed by atoms with Crippen molar-refractivity contribution >= 4 is 57.9 Å². The van der Waals surface area contributed by atoms with Crippen LogP contribution in [0.1, 0.15) is 16.9 Å². The van der Waals surface area contributed by atoms with Crippen LogP contribution in [-0.4, -0.2) is 40.4 Å². The Morgan fingerprint density at radius 3 is 2.62 bits per heavy atom. The topological polar surface area (TPSA) is 98.7 Å². The summed E-state index contributed by atoms with van der Waals surface area (Å²) in [5.41, 5.74) is 3.49. The van der Waals surface area contributed by atoms with Gasteiger partial charge in [0.2, 0.25) is 11.8 Å². The molecule has 1 aliphatic heterocycles. The van der Waals surface area contributed by atoms with Gasteiger partial charge in [-0.1, -0.05) is 30.3 Å². The quantitative estimate of drug-likeness (QED) is 0.359. The predicted octanol–water partition coefficient (Wildman–Crippen LogP) is 4.46. The van der Waals surface area contributed by atoms with Crippen molar-refractivity contribution in [1.82, 2.24) is 0 Å². The molecule has 0 aliphatic carbocycles. The van der Waals surface area contributed by atoms with E-state index in [4.69, 9.17) is 5.11 Å². The monoisotopic (exact) mass is 495 g/mol. The molecule has 7 nitrogen and oxygen atoms in total. The molecule has 1 aromatic heterocycles. The minimum absolute atomic E-state index is 0.0172. The molecule has 2 amide bonds. The first-order valence-corrected chi connectivity index (χ1v) is 12.9. The zero-order valence-electron chi connectivity index (χ0n) is 18.4. The maximum atomic E-state index is 13.0. The SMILES string of the molecule is O=C(O)CCSCC(=O)Nc1ccc(CN2c3ccccc3NC(=O)[C@H]2Cc2cccs2)cc1. The van der Waals surface area contributed by atoms with Crippen LogP contribution < -0.4 is 15.5 Å². The average molecular weight is 496 g/mol. The third-order valence-electron chi connectivity index (χ3n) is 5.41. The molecule has 176 valence electrons. The number of nitrogens with zero attached hydrogens (tertiary/aromatic N) is 1. The maximum absolute atomic E-state index is 13.0. The Bertz CT molecular complexity index is 1150. The minimum Gasteiger partial charge on any atom is -0.481 e. The van der Waals surface area contributed by atoms with Gasteiger partial charge in [-0.05, 0) is 41.3 Å². The van der Waals surface area contributed by atoms with Crippen molar-refractivity contribution in [2.45, 2.75) is 25.4 Å². The van der Waals surface area contributed by atoms with Crippen LogP contribution in [0.3, 0.4) is 0 Å². The number of benzene rings is 2. The van der Waals surface area contributed by atoms with E-state index in [0.29, 0.717) is 24.4 Å². The lowest BCUT2D eigenvalue weighted by Crippen LogP contribution is -2.48. The molecule has 0 saturated carbocycles. The summed E-state index contributed by atoms with van der Waals surface area (Å²) in [6.07, 6.45) is 0.670. The Balaban J connectivity index is 1.43. The summed E-state index contributed by atoms with van der Waals surface area (Å²) in [4.78, 5) is 38.9. The Morgan fingerprint density at radius 2 is 1.88 bits per heavy atom. The molecule has 0 spiro atoms. The first-order valence-electron chi connectivity index (χ1n) is 10.9. The average Bonchev–Trinajstić information content (AvgIpc) is 3.33. The highest BCUT2D eigenvalue weighted by Gasteiger charge is 2.33.